The smallest absolute Gasteiger partial charge is 0.326 e. The molecule has 43 heavy (non-hydrogen) atoms. The zero-order valence-corrected chi connectivity index (χ0v) is 23.3. The van der Waals surface area contributed by atoms with Crippen molar-refractivity contribution in [1.29, 1.82) is 0 Å². The second-order valence-electron chi connectivity index (χ2n) is 9.74. The van der Waals surface area contributed by atoms with Gasteiger partial charge in [-0.25, -0.2) is 4.79 Å². The molecule has 15 nitrogen and oxygen atoms in total. The Balaban J connectivity index is 2.21. The molecule has 0 saturated heterocycles. The molecule has 2 aromatic carbocycles. The van der Waals surface area contributed by atoms with Gasteiger partial charge >= 0.3 is 11.9 Å². The van der Waals surface area contributed by atoms with E-state index in [2.05, 4.69) is 20.9 Å². The molecule has 0 radical (unpaired) electrons. The Morgan fingerprint density at radius 3 is 1.86 bits per heavy atom. The van der Waals surface area contributed by atoms with Crippen molar-refractivity contribution < 1.29 is 39.3 Å². The van der Waals surface area contributed by atoms with Crippen LogP contribution in [0.4, 0.5) is 0 Å². The number of nitrogens with zero attached hydrogens (tertiary/aromatic N) is 1. The molecule has 0 spiro atoms. The van der Waals surface area contributed by atoms with E-state index >= 15 is 0 Å². The van der Waals surface area contributed by atoms with E-state index in [1.54, 1.807) is 30.3 Å². The van der Waals surface area contributed by atoms with Crippen LogP contribution in [0.1, 0.15) is 30.4 Å². The van der Waals surface area contributed by atoms with Crippen LogP contribution in [-0.2, 0) is 36.8 Å². The molecule has 15 heteroatoms. The molecule has 0 heterocycles. The van der Waals surface area contributed by atoms with E-state index in [4.69, 9.17) is 17.2 Å². The second-order valence-corrected chi connectivity index (χ2v) is 9.74. The summed E-state index contributed by atoms with van der Waals surface area (Å²) in [5.41, 5.74) is 17.7. The van der Waals surface area contributed by atoms with E-state index < -0.39 is 60.2 Å². The highest BCUT2D eigenvalue weighted by Crippen LogP contribution is 2.12. The molecule has 232 valence electrons. The number of hydrogen-bond acceptors (Lipinski definition) is 8. The number of carbonyl (C=O) groups excluding carboxylic acids is 3. The van der Waals surface area contributed by atoms with Crippen molar-refractivity contribution in [3.63, 3.8) is 0 Å². The summed E-state index contributed by atoms with van der Waals surface area (Å²) in [5.74, 6) is -5.58. The summed E-state index contributed by atoms with van der Waals surface area (Å²) in [6, 6.07) is 8.80. The van der Waals surface area contributed by atoms with E-state index in [0.717, 1.165) is 0 Å². The van der Waals surface area contributed by atoms with Crippen LogP contribution in [0.5, 0.6) is 5.75 Å². The van der Waals surface area contributed by atoms with Gasteiger partial charge in [-0.2, -0.15) is 0 Å². The van der Waals surface area contributed by atoms with Crippen LogP contribution >= 0.6 is 0 Å². The van der Waals surface area contributed by atoms with Gasteiger partial charge in [0.2, 0.25) is 17.7 Å². The molecule has 4 atom stereocenters. The van der Waals surface area contributed by atoms with Gasteiger partial charge in [0.1, 0.15) is 23.9 Å². The van der Waals surface area contributed by atoms with Gasteiger partial charge in [0.25, 0.3) is 0 Å². The predicted octanol–water partition coefficient (Wildman–Crippen LogP) is -1.43. The fourth-order valence-electron chi connectivity index (χ4n) is 3.98. The van der Waals surface area contributed by atoms with Gasteiger partial charge in [-0.05, 0) is 36.1 Å². The number of aromatic hydroxyl groups is 1. The molecule has 0 bridgehead atoms. The highest BCUT2D eigenvalue weighted by molar-refractivity contribution is 5.95. The molecule has 0 aliphatic heterocycles. The molecule has 0 aromatic heterocycles. The van der Waals surface area contributed by atoms with Crippen LogP contribution in [0.2, 0.25) is 0 Å². The molecule has 0 aliphatic rings. The number of aliphatic carboxylic acids is 2. The number of benzene rings is 2. The number of nitrogens with two attached hydrogens (primary N) is 3. The lowest BCUT2D eigenvalue weighted by Crippen LogP contribution is -2.58. The van der Waals surface area contributed by atoms with Crippen molar-refractivity contribution in [2.45, 2.75) is 56.3 Å². The quantitative estimate of drug-likeness (QED) is 0.0577. The number of hydrogen-bond donors (Lipinski definition) is 9. The number of phenols is 1. The monoisotopic (exact) mass is 599 g/mol. The summed E-state index contributed by atoms with van der Waals surface area (Å²) in [6.45, 7) is 0.230. The number of carboxylic acid groups (broad SMARTS) is 2. The van der Waals surface area contributed by atoms with Gasteiger partial charge in [0.05, 0.1) is 12.5 Å². The Hall–Kier alpha value is -5.18. The first kappa shape index (κ1) is 34.0. The van der Waals surface area contributed by atoms with Gasteiger partial charge in [-0.1, -0.05) is 42.5 Å². The van der Waals surface area contributed by atoms with E-state index in [0.29, 0.717) is 17.5 Å². The Morgan fingerprint density at radius 1 is 0.744 bits per heavy atom. The Kier molecular flexibility index (Phi) is 13.4. The number of carboxylic acids is 2. The molecule has 12 N–H and O–H groups in total. The standard InChI is InChI=1S/C28H37N7O8/c29-19(7-4-12-32-28(30)31)24(39)33-20(13-17-8-10-18(36)11-9-17)25(40)34-21(15-23(37)38)26(41)35-22(27(42)43)14-16-5-2-1-3-6-16/h1-3,5-6,8-11,19-22,36H,4,7,12-15,29H2,(H,33,39)(H,34,40)(H,35,41)(H,37,38)(H,42,43)(H4,30,31,32). The second kappa shape index (κ2) is 16.9. The number of aliphatic imine (C=N–C) groups is 1. The van der Waals surface area contributed by atoms with Crippen LogP contribution in [0, 0.1) is 0 Å². The zero-order valence-electron chi connectivity index (χ0n) is 23.3. The van der Waals surface area contributed by atoms with E-state index in [1.165, 1.54) is 24.3 Å². The number of guanidine groups is 1. The molecular weight excluding hydrogens is 562 g/mol. The summed E-state index contributed by atoms with van der Waals surface area (Å²) in [7, 11) is 0. The summed E-state index contributed by atoms with van der Waals surface area (Å²) in [6.07, 6.45) is -0.504. The Bertz CT molecular complexity index is 1280. The van der Waals surface area contributed by atoms with Gasteiger partial charge in [-0.3, -0.25) is 24.2 Å². The number of phenolic OH excluding ortho intramolecular Hbond substituents is 1. The lowest BCUT2D eigenvalue weighted by Gasteiger charge is -2.25. The topological polar surface area (TPSA) is 273 Å². The third-order valence-corrected chi connectivity index (χ3v) is 6.22. The largest absolute Gasteiger partial charge is 0.508 e. The third-order valence-electron chi connectivity index (χ3n) is 6.22. The van der Waals surface area contributed by atoms with E-state index in [9.17, 15) is 39.3 Å². The summed E-state index contributed by atoms with van der Waals surface area (Å²) < 4.78 is 0. The van der Waals surface area contributed by atoms with Crippen LogP contribution in [0.15, 0.2) is 59.6 Å². The molecule has 2 rings (SSSR count). The SMILES string of the molecule is NC(N)=NCCCC(N)C(=O)NC(Cc1ccc(O)cc1)C(=O)NC(CC(=O)O)C(=O)NC(Cc1ccccc1)C(=O)O. The maximum Gasteiger partial charge on any atom is 0.326 e. The van der Waals surface area contributed by atoms with Gasteiger partial charge < -0.3 is 48.5 Å². The average molecular weight is 600 g/mol. The van der Waals surface area contributed by atoms with Crippen LogP contribution in [-0.4, -0.2) is 81.7 Å². The van der Waals surface area contributed by atoms with Crippen molar-refractivity contribution in [3.05, 3.63) is 65.7 Å². The molecule has 2 aromatic rings. The summed E-state index contributed by atoms with van der Waals surface area (Å²) >= 11 is 0. The molecule has 0 saturated carbocycles. The van der Waals surface area contributed by atoms with E-state index in [1.807, 2.05) is 0 Å². The van der Waals surface area contributed by atoms with Crippen molar-refractivity contribution in [2.75, 3.05) is 6.54 Å². The minimum absolute atomic E-state index is 0.0294. The van der Waals surface area contributed by atoms with Crippen LogP contribution < -0.4 is 33.2 Å². The predicted molar refractivity (Wildman–Crippen MR) is 156 cm³/mol. The van der Waals surface area contributed by atoms with Gasteiger partial charge in [0.15, 0.2) is 5.96 Å². The highest BCUT2D eigenvalue weighted by Gasteiger charge is 2.32. The van der Waals surface area contributed by atoms with E-state index in [-0.39, 0.29) is 37.5 Å². The minimum Gasteiger partial charge on any atom is -0.508 e. The summed E-state index contributed by atoms with van der Waals surface area (Å²) in [5, 5.41) is 35.8. The fraction of sp³-hybridized carbons (Fsp3) is 0.357. The van der Waals surface area contributed by atoms with Crippen molar-refractivity contribution >= 4 is 35.6 Å². The minimum atomic E-state index is -1.67. The fourth-order valence-corrected chi connectivity index (χ4v) is 3.98. The molecule has 4 unspecified atom stereocenters. The van der Waals surface area contributed by atoms with Crippen LogP contribution in [0.3, 0.4) is 0 Å². The highest BCUT2D eigenvalue weighted by atomic mass is 16.4. The Morgan fingerprint density at radius 2 is 1.28 bits per heavy atom. The number of nitrogens with one attached hydrogen (secondary N) is 3. The Labute approximate surface area is 247 Å². The number of carbonyl (C=O) groups is 5. The van der Waals surface area contributed by atoms with Crippen LogP contribution in [0.25, 0.3) is 0 Å². The van der Waals surface area contributed by atoms with Crippen molar-refractivity contribution in [1.82, 2.24) is 16.0 Å². The van der Waals surface area contributed by atoms with Crippen molar-refractivity contribution in [3.8, 4) is 5.75 Å². The normalized spacial score (nSPS) is 13.4. The molecule has 0 aliphatic carbocycles. The first-order valence-corrected chi connectivity index (χ1v) is 13.3. The lowest BCUT2D eigenvalue weighted by molar-refractivity contribution is -0.143. The molecular formula is C28H37N7O8. The third kappa shape index (κ3) is 12.5. The number of rotatable bonds is 17. The zero-order chi connectivity index (χ0) is 31.9. The van der Waals surface area contributed by atoms with Gasteiger partial charge in [0, 0.05) is 19.4 Å². The molecule has 3 amide bonds. The average Bonchev–Trinajstić information content (AvgIpc) is 2.95. The first-order valence-electron chi connectivity index (χ1n) is 13.3. The maximum absolute atomic E-state index is 13.4. The lowest BCUT2D eigenvalue weighted by atomic mass is 10.0. The molecule has 0 fully saturated rings. The summed E-state index contributed by atoms with van der Waals surface area (Å²) in [4.78, 5) is 66.5. The van der Waals surface area contributed by atoms with Crippen molar-refractivity contribution in [2.24, 2.45) is 22.2 Å². The first-order chi connectivity index (χ1) is 20.3. The maximum atomic E-state index is 13.4. The number of amides is 3. The van der Waals surface area contributed by atoms with Gasteiger partial charge in [-0.15, -0.1) is 0 Å².